The van der Waals surface area contributed by atoms with E-state index in [0.717, 1.165) is 37.1 Å². The van der Waals surface area contributed by atoms with Gasteiger partial charge in [0.15, 0.2) is 0 Å². The molecule has 2 heterocycles. The van der Waals surface area contributed by atoms with E-state index in [4.69, 9.17) is 4.74 Å². The van der Waals surface area contributed by atoms with E-state index in [0.29, 0.717) is 0 Å². The minimum absolute atomic E-state index is 0.209. The number of ether oxygens (including phenoxy) is 1. The van der Waals surface area contributed by atoms with Gasteiger partial charge in [0.2, 0.25) is 0 Å². The smallest absolute Gasteiger partial charge is 0.0952 e. The van der Waals surface area contributed by atoms with Crippen molar-refractivity contribution in [3.8, 4) is 0 Å². The SMILES string of the molecule is Brc1ccc([C@H]2CN(CCc3cccs3)CCO2)cc1. The second-order valence-corrected chi connectivity index (χ2v) is 6.99. The van der Waals surface area contributed by atoms with E-state index in [9.17, 15) is 0 Å². The van der Waals surface area contributed by atoms with Crippen molar-refractivity contribution in [1.29, 1.82) is 0 Å². The van der Waals surface area contributed by atoms with Crippen LogP contribution in [-0.4, -0.2) is 31.1 Å². The number of hydrogen-bond acceptors (Lipinski definition) is 3. The summed E-state index contributed by atoms with van der Waals surface area (Å²) in [6.45, 7) is 3.98. The minimum atomic E-state index is 0.209. The van der Waals surface area contributed by atoms with Crippen LogP contribution in [0.1, 0.15) is 16.5 Å². The molecule has 106 valence electrons. The van der Waals surface area contributed by atoms with Crippen molar-refractivity contribution < 1.29 is 4.74 Å². The van der Waals surface area contributed by atoms with Crippen molar-refractivity contribution >= 4 is 27.3 Å². The Morgan fingerprint density at radius 3 is 2.85 bits per heavy atom. The summed E-state index contributed by atoms with van der Waals surface area (Å²) in [5.41, 5.74) is 1.27. The van der Waals surface area contributed by atoms with Crippen LogP contribution in [0.4, 0.5) is 0 Å². The van der Waals surface area contributed by atoms with Crippen molar-refractivity contribution in [2.75, 3.05) is 26.2 Å². The zero-order valence-corrected chi connectivity index (χ0v) is 13.7. The number of hydrogen-bond donors (Lipinski definition) is 0. The number of rotatable bonds is 4. The van der Waals surface area contributed by atoms with Crippen molar-refractivity contribution in [1.82, 2.24) is 4.90 Å². The summed E-state index contributed by atoms with van der Waals surface area (Å²) in [7, 11) is 0. The Kier molecular flexibility index (Phi) is 4.89. The number of thiophene rings is 1. The summed E-state index contributed by atoms with van der Waals surface area (Å²) in [4.78, 5) is 3.98. The highest BCUT2D eigenvalue weighted by Gasteiger charge is 2.21. The molecule has 0 bridgehead atoms. The Labute approximate surface area is 132 Å². The summed E-state index contributed by atoms with van der Waals surface area (Å²) in [6, 6.07) is 12.8. The lowest BCUT2D eigenvalue weighted by molar-refractivity contribution is -0.0295. The highest BCUT2D eigenvalue weighted by molar-refractivity contribution is 9.10. The van der Waals surface area contributed by atoms with Gasteiger partial charge in [-0.3, -0.25) is 4.90 Å². The van der Waals surface area contributed by atoms with Crippen LogP contribution in [0.3, 0.4) is 0 Å². The largest absolute Gasteiger partial charge is 0.371 e. The molecule has 4 heteroatoms. The van der Waals surface area contributed by atoms with Gasteiger partial charge in [-0.25, -0.2) is 0 Å². The summed E-state index contributed by atoms with van der Waals surface area (Å²) in [5, 5.41) is 2.15. The Bertz CT molecular complexity index is 526. The van der Waals surface area contributed by atoms with Gasteiger partial charge in [-0.15, -0.1) is 11.3 Å². The fraction of sp³-hybridized carbons (Fsp3) is 0.375. The topological polar surface area (TPSA) is 12.5 Å². The van der Waals surface area contributed by atoms with Gasteiger partial charge in [-0.2, -0.15) is 0 Å². The molecule has 2 nitrogen and oxygen atoms in total. The molecule has 1 aromatic carbocycles. The average molecular weight is 352 g/mol. The van der Waals surface area contributed by atoms with Crippen LogP contribution in [0.25, 0.3) is 0 Å². The van der Waals surface area contributed by atoms with Crippen molar-refractivity contribution in [2.45, 2.75) is 12.5 Å². The third-order valence-electron chi connectivity index (χ3n) is 3.65. The lowest BCUT2D eigenvalue weighted by Gasteiger charge is -2.33. The van der Waals surface area contributed by atoms with E-state index in [1.165, 1.54) is 10.4 Å². The van der Waals surface area contributed by atoms with Gasteiger partial charge in [0.05, 0.1) is 12.7 Å². The van der Waals surface area contributed by atoms with Gasteiger partial charge >= 0.3 is 0 Å². The number of nitrogens with zero attached hydrogens (tertiary/aromatic N) is 1. The molecule has 3 rings (SSSR count). The van der Waals surface area contributed by atoms with E-state index in [1.54, 1.807) is 0 Å². The van der Waals surface area contributed by atoms with Crippen LogP contribution in [-0.2, 0) is 11.2 Å². The Balaban J connectivity index is 1.57. The first kappa shape index (κ1) is 14.3. The summed E-state index contributed by atoms with van der Waals surface area (Å²) < 4.78 is 7.03. The second-order valence-electron chi connectivity index (χ2n) is 5.04. The summed E-state index contributed by atoms with van der Waals surface area (Å²) in [5.74, 6) is 0. The molecule has 0 saturated carbocycles. The Morgan fingerprint density at radius 2 is 2.10 bits per heavy atom. The molecule has 20 heavy (non-hydrogen) atoms. The molecule has 1 atom stereocenters. The molecular weight excluding hydrogens is 334 g/mol. The lowest BCUT2D eigenvalue weighted by atomic mass is 10.1. The van der Waals surface area contributed by atoms with Gasteiger partial charge in [-0.05, 0) is 35.6 Å². The number of benzene rings is 1. The van der Waals surface area contributed by atoms with Gasteiger partial charge in [-0.1, -0.05) is 34.1 Å². The lowest BCUT2D eigenvalue weighted by Crippen LogP contribution is -2.39. The standard InChI is InChI=1S/C16H18BrNOS/c17-14-5-3-13(4-6-14)16-12-18(9-10-19-16)8-7-15-2-1-11-20-15/h1-6,11,16H,7-10,12H2/t16-/m1/s1. The molecule has 1 fully saturated rings. The monoisotopic (exact) mass is 351 g/mol. The van der Waals surface area contributed by atoms with Crippen LogP contribution in [0, 0.1) is 0 Å². The van der Waals surface area contributed by atoms with E-state index in [2.05, 4.69) is 62.6 Å². The number of halogens is 1. The Hall–Kier alpha value is -0.680. The third-order valence-corrected chi connectivity index (χ3v) is 5.11. The van der Waals surface area contributed by atoms with Crippen molar-refractivity contribution in [2.24, 2.45) is 0 Å². The maximum atomic E-state index is 5.92. The Morgan fingerprint density at radius 1 is 1.25 bits per heavy atom. The maximum absolute atomic E-state index is 5.92. The molecule has 0 spiro atoms. The molecule has 0 unspecified atom stereocenters. The van der Waals surface area contributed by atoms with E-state index < -0.39 is 0 Å². The maximum Gasteiger partial charge on any atom is 0.0952 e. The van der Waals surface area contributed by atoms with Crippen LogP contribution in [0.5, 0.6) is 0 Å². The van der Waals surface area contributed by atoms with Crippen molar-refractivity contribution in [3.05, 3.63) is 56.7 Å². The zero-order chi connectivity index (χ0) is 13.8. The first-order valence-electron chi connectivity index (χ1n) is 6.93. The van der Waals surface area contributed by atoms with Crippen LogP contribution < -0.4 is 0 Å². The molecular formula is C16H18BrNOS. The fourth-order valence-electron chi connectivity index (χ4n) is 2.51. The van der Waals surface area contributed by atoms with E-state index in [-0.39, 0.29) is 6.10 Å². The number of morpholine rings is 1. The predicted octanol–water partition coefficient (Wildman–Crippen LogP) is 4.13. The van der Waals surface area contributed by atoms with Crippen LogP contribution in [0.15, 0.2) is 46.3 Å². The molecule has 1 aliphatic rings. The van der Waals surface area contributed by atoms with Gasteiger partial charge < -0.3 is 4.74 Å². The van der Waals surface area contributed by atoms with E-state index in [1.807, 2.05) is 11.3 Å². The molecule has 0 amide bonds. The predicted molar refractivity (Wildman–Crippen MR) is 87.3 cm³/mol. The van der Waals surface area contributed by atoms with Crippen LogP contribution >= 0.6 is 27.3 Å². The van der Waals surface area contributed by atoms with Gasteiger partial charge in [0.25, 0.3) is 0 Å². The molecule has 0 N–H and O–H groups in total. The molecule has 1 saturated heterocycles. The second kappa shape index (κ2) is 6.85. The molecule has 1 aliphatic heterocycles. The normalized spacial score (nSPS) is 20.1. The van der Waals surface area contributed by atoms with Crippen molar-refractivity contribution in [3.63, 3.8) is 0 Å². The average Bonchev–Trinajstić information content (AvgIpc) is 3.00. The molecule has 0 radical (unpaired) electrons. The first-order valence-corrected chi connectivity index (χ1v) is 8.60. The molecule has 2 aromatic rings. The highest BCUT2D eigenvalue weighted by Crippen LogP contribution is 2.24. The highest BCUT2D eigenvalue weighted by atomic mass is 79.9. The van der Waals surface area contributed by atoms with Gasteiger partial charge in [0.1, 0.15) is 0 Å². The summed E-state index contributed by atoms with van der Waals surface area (Å²) in [6.07, 6.45) is 1.35. The third kappa shape index (κ3) is 3.70. The van der Waals surface area contributed by atoms with E-state index >= 15 is 0 Å². The van der Waals surface area contributed by atoms with Crippen LogP contribution in [0.2, 0.25) is 0 Å². The minimum Gasteiger partial charge on any atom is -0.371 e. The summed E-state index contributed by atoms with van der Waals surface area (Å²) >= 11 is 5.33. The quantitative estimate of drug-likeness (QED) is 0.821. The molecule has 1 aromatic heterocycles. The molecule has 0 aliphatic carbocycles. The zero-order valence-electron chi connectivity index (χ0n) is 11.3. The first-order chi connectivity index (χ1) is 9.81. The fourth-order valence-corrected chi connectivity index (χ4v) is 3.47. The van der Waals surface area contributed by atoms with Gasteiger partial charge in [0, 0.05) is 29.0 Å².